The van der Waals surface area contributed by atoms with E-state index in [-0.39, 0.29) is 0 Å². The molecule has 0 unspecified atom stereocenters. The van der Waals surface area contributed by atoms with Crippen LogP contribution in [-0.2, 0) is 0 Å². The lowest BCUT2D eigenvalue weighted by atomic mass is 10.2. The molecule has 0 aliphatic carbocycles. The van der Waals surface area contributed by atoms with E-state index < -0.39 is 0 Å². The van der Waals surface area contributed by atoms with Gasteiger partial charge >= 0.3 is 0 Å². The molecule has 5 heteroatoms. The number of hydrogen-bond donors (Lipinski definition) is 1. The fourth-order valence-electron chi connectivity index (χ4n) is 2.70. The van der Waals surface area contributed by atoms with Crippen LogP contribution in [0, 0.1) is 11.8 Å². The zero-order chi connectivity index (χ0) is 19.1. The number of nitrogens with zero attached hydrogens (tertiary/aromatic N) is 3. The molecule has 0 radical (unpaired) electrons. The lowest BCUT2D eigenvalue weighted by Gasteiger charge is -2.18. The standard InChI is InChI=1S/C22H24N4O/c1-3-26(4-2)14-15-27-22-20(12-10-17-8-6-5-7-9-17)24-21-16-18(23)11-13-19(21)25-22/h5-9,11,13,16H,3-4,14-15,23H2,1-2H3. The molecule has 5 nitrogen and oxygen atoms in total. The number of benzene rings is 2. The zero-order valence-corrected chi connectivity index (χ0v) is 15.8. The van der Waals surface area contributed by atoms with Crippen molar-refractivity contribution >= 4 is 16.7 Å². The van der Waals surface area contributed by atoms with Gasteiger partial charge in [0.15, 0.2) is 5.69 Å². The Morgan fingerprint density at radius 3 is 2.48 bits per heavy atom. The molecule has 0 aliphatic rings. The number of nitrogens with two attached hydrogens (primary N) is 1. The Kier molecular flexibility index (Phi) is 6.24. The SMILES string of the molecule is CCN(CC)CCOc1nc2ccc(N)cc2nc1C#Cc1ccccc1. The van der Waals surface area contributed by atoms with Crippen LogP contribution in [0.3, 0.4) is 0 Å². The molecule has 0 fully saturated rings. The first kappa shape index (κ1) is 18.7. The van der Waals surface area contributed by atoms with E-state index >= 15 is 0 Å². The zero-order valence-electron chi connectivity index (χ0n) is 15.8. The van der Waals surface area contributed by atoms with Gasteiger partial charge in [-0.15, -0.1) is 0 Å². The molecule has 1 aromatic heterocycles. The number of hydrogen-bond acceptors (Lipinski definition) is 5. The van der Waals surface area contributed by atoms with Crippen molar-refractivity contribution in [1.82, 2.24) is 14.9 Å². The van der Waals surface area contributed by atoms with Gasteiger partial charge in [0, 0.05) is 17.8 Å². The van der Waals surface area contributed by atoms with Crippen molar-refractivity contribution in [2.45, 2.75) is 13.8 Å². The minimum absolute atomic E-state index is 0.461. The fourth-order valence-corrected chi connectivity index (χ4v) is 2.70. The van der Waals surface area contributed by atoms with Crippen LogP contribution in [0.2, 0.25) is 0 Å². The number of nitrogen functional groups attached to an aromatic ring is 1. The number of anilines is 1. The maximum Gasteiger partial charge on any atom is 0.249 e. The van der Waals surface area contributed by atoms with Gasteiger partial charge in [0.1, 0.15) is 6.61 Å². The summed E-state index contributed by atoms with van der Waals surface area (Å²) in [4.78, 5) is 11.5. The molecule has 0 atom stereocenters. The van der Waals surface area contributed by atoms with E-state index in [1.165, 1.54) is 0 Å². The molecule has 138 valence electrons. The summed E-state index contributed by atoms with van der Waals surface area (Å²) >= 11 is 0. The molecular formula is C22H24N4O. The Hall–Kier alpha value is -3.10. The van der Waals surface area contributed by atoms with Gasteiger partial charge in [-0.2, -0.15) is 0 Å². The molecule has 1 heterocycles. The largest absolute Gasteiger partial charge is 0.474 e. The summed E-state index contributed by atoms with van der Waals surface area (Å²) < 4.78 is 5.95. The average molecular weight is 360 g/mol. The number of ether oxygens (including phenoxy) is 1. The third-order valence-electron chi connectivity index (χ3n) is 4.30. The third kappa shape index (κ3) is 4.96. The van der Waals surface area contributed by atoms with E-state index in [1.807, 2.05) is 42.5 Å². The first-order valence-corrected chi connectivity index (χ1v) is 9.19. The van der Waals surface area contributed by atoms with Crippen molar-refractivity contribution in [1.29, 1.82) is 0 Å². The highest BCUT2D eigenvalue weighted by Gasteiger charge is 2.10. The highest BCUT2D eigenvalue weighted by Crippen LogP contribution is 2.20. The molecule has 3 aromatic rings. The van der Waals surface area contributed by atoms with Crippen molar-refractivity contribution in [3.8, 4) is 17.7 Å². The molecule has 3 rings (SSSR count). The number of aromatic nitrogens is 2. The second-order valence-electron chi connectivity index (χ2n) is 6.12. The van der Waals surface area contributed by atoms with E-state index in [9.17, 15) is 0 Å². The van der Waals surface area contributed by atoms with Gasteiger partial charge in [0.05, 0.1) is 11.0 Å². The normalized spacial score (nSPS) is 10.6. The average Bonchev–Trinajstić information content (AvgIpc) is 2.70. The monoisotopic (exact) mass is 360 g/mol. The predicted octanol–water partition coefficient (Wildman–Crippen LogP) is 3.33. The topological polar surface area (TPSA) is 64.3 Å². The molecule has 0 amide bonds. The summed E-state index contributed by atoms with van der Waals surface area (Å²) in [6.07, 6.45) is 0. The van der Waals surface area contributed by atoms with Crippen molar-refractivity contribution in [2.75, 3.05) is 32.0 Å². The Balaban J connectivity index is 1.91. The molecule has 2 aromatic carbocycles. The summed E-state index contributed by atoms with van der Waals surface area (Å²) in [6.45, 7) is 7.63. The molecule has 0 aliphatic heterocycles. The number of fused-ring (bicyclic) bond motifs is 1. The van der Waals surface area contributed by atoms with Crippen molar-refractivity contribution in [3.63, 3.8) is 0 Å². The van der Waals surface area contributed by atoms with Gasteiger partial charge in [0.2, 0.25) is 5.88 Å². The molecule has 2 N–H and O–H groups in total. The molecule has 0 saturated carbocycles. The van der Waals surface area contributed by atoms with Crippen molar-refractivity contribution in [2.24, 2.45) is 0 Å². The van der Waals surface area contributed by atoms with E-state index in [0.29, 0.717) is 29.4 Å². The highest BCUT2D eigenvalue weighted by molar-refractivity contribution is 5.79. The lowest BCUT2D eigenvalue weighted by molar-refractivity contribution is 0.217. The first-order valence-electron chi connectivity index (χ1n) is 9.19. The molecular weight excluding hydrogens is 336 g/mol. The fraction of sp³-hybridized carbons (Fsp3) is 0.273. The molecule has 0 bridgehead atoms. The number of rotatable bonds is 6. The van der Waals surface area contributed by atoms with E-state index in [0.717, 1.165) is 30.7 Å². The summed E-state index contributed by atoms with van der Waals surface area (Å²) in [5.74, 6) is 6.69. The summed E-state index contributed by atoms with van der Waals surface area (Å²) in [6, 6.07) is 15.3. The van der Waals surface area contributed by atoms with Crippen LogP contribution in [0.15, 0.2) is 48.5 Å². The summed E-state index contributed by atoms with van der Waals surface area (Å²) in [5.41, 5.74) is 9.42. The van der Waals surface area contributed by atoms with Crippen LogP contribution in [0.4, 0.5) is 5.69 Å². The summed E-state index contributed by atoms with van der Waals surface area (Å²) in [5, 5.41) is 0. The van der Waals surface area contributed by atoms with Crippen LogP contribution < -0.4 is 10.5 Å². The Morgan fingerprint density at radius 1 is 0.963 bits per heavy atom. The molecule has 27 heavy (non-hydrogen) atoms. The molecule has 0 spiro atoms. The quantitative estimate of drug-likeness (QED) is 0.540. The van der Waals surface area contributed by atoms with Gasteiger partial charge in [-0.25, -0.2) is 9.97 Å². The second kappa shape index (κ2) is 9.02. The van der Waals surface area contributed by atoms with Gasteiger partial charge in [0.25, 0.3) is 0 Å². The van der Waals surface area contributed by atoms with Gasteiger partial charge < -0.3 is 15.4 Å². The summed E-state index contributed by atoms with van der Waals surface area (Å²) in [7, 11) is 0. The smallest absolute Gasteiger partial charge is 0.249 e. The van der Waals surface area contributed by atoms with E-state index in [1.54, 1.807) is 6.07 Å². The Labute approximate surface area is 160 Å². The van der Waals surface area contributed by atoms with Gasteiger partial charge in [-0.3, -0.25) is 0 Å². The van der Waals surface area contributed by atoms with E-state index in [2.05, 4.69) is 40.6 Å². The second-order valence-corrected chi connectivity index (χ2v) is 6.12. The minimum Gasteiger partial charge on any atom is -0.474 e. The van der Waals surface area contributed by atoms with Crippen LogP contribution in [0.5, 0.6) is 5.88 Å². The first-order chi connectivity index (χ1) is 13.2. The van der Waals surface area contributed by atoms with Crippen molar-refractivity contribution in [3.05, 3.63) is 59.8 Å². The number of likely N-dealkylation sites (N-methyl/N-ethyl adjacent to an activating group) is 1. The van der Waals surface area contributed by atoms with Crippen LogP contribution in [-0.4, -0.2) is 41.1 Å². The van der Waals surface area contributed by atoms with Crippen molar-refractivity contribution < 1.29 is 4.74 Å². The van der Waals surface area contributed by atoms with Gasteiger partial charge in [-0.1, -0.05) is 38.0 Å². The molecule has 0 saturated heterocycles. The maximum absolute atomic E-state index is 5.95. The maximum atomic E-state index is 5.95. The predicted molar refractivity (Wildman–Crippen MR) is 110 cm³/mol. The lowest BCUT2D eigenvalue weighted by Crippen LogP contribution is -2.28. The minimum atomic E-state index is 0.461. The van der Waals surface area contributed by atoms with E-state index in [4.69, 9.17) is 10.5 Å². The Morgan fingerprint density at radius 2 is 1.74 bits per heavy atom. The third-order valence-corrected chi connectivity index (χ3v) is 4.30. The van der Waals surface area contributed by atoms with Crippen LogP contribution >= 0.6 is 0 Å². The van der Waals surface area contributed by atoms with Gasteiger partial charge in [-0.05, 0) is 49.3 Å². The highest BCUT2D eigenvalue weighted by atomic mass is 16.5. The van der Waals surface area contributed by atoms with Crippen LogP contribution in [0.25, 0.3) is 11.0 Å². The van der Waals surface area contributed by atoms with Crippen LogP contribution in [0.1, 0.15) is 25.1 Å². The Bertz CT molecular complexity index is 956.